The molecule has 2 aromatic rings. The summed E-state index contributed by atoms with van der Waals surface area (Å²) in [5, 5.41) is 0.280. The molecular formula is C15H11ClF2O. The molecule has 0 radical (unpaired) electrons. The minimum atomic E-state index is -0.641. The van der Waals surface area contributed by atoms with E-state index in [2.05, 4.69) is 0 Å². The van der Waals surface area contributed by atoms with Gasteiger partial charge in [-0.25, -0.2) is 8.78 Å². The van der Waals surface area contributed by atoms with Gasteiger partial charge in [-0.2, -0.15) is 0 Å². The lowest BCUT2D eigenvalue weighted by atomic mass is 9.94. The first kappa shape index (κ1) is 13.7. The van der Waals surface area contributed by atoms with Crippen molar-refractivity contribution in [2.45, 2.75) is 13.8 Å². The first-order valence-corrected chi connectivity index (χ1v) is 6.04. The molecule has 0 heterocycles. The van der Waals surface area contributed by atoms with Crippen molar-refractivity contribution in [3.05, 3.63) is 69.2 Å². The van der Waals surface area contributed by atoms with Crippen molar-refractivity contribution in [1.29, 1.82) is 0 Å². The Balaban J connectivity index is 2.59. The van der Waals surface area contributed by atoms with Crippen molar-refractivity contribution in [3.8, 4) is 0 Å². The zero-order valence-corrected chi connectivity index (χ0v) is 11.2. The van der Waals surface area contributed by atoms with Gasteiger partial charge in [-0.1, -0.05) is 11.6 Å². The first-order chi connectivity index (χ1) is 8.90. The minimum absolute atomic E-state index is 0.106. The third-order valence-corrected chi connectivity index (χ3v) is 3.13. The predicted molar refractivity (Wildman–Crippen MR) is 70.7 cm³/mol. The van der Waals surface area contributed by atoms with Gasteiger partial charge in [-0.15, -0.1) is 0 Å². The third kappa shape index (κ3) is 2.66. The van der Waals surface area contributed by atoms with Crippen LogP contribution in [0.2, 0.25) is 5.02 Å². The Hall–Kier alpha value is -1.74. The molecule has 0 amide bonds. The fourth-order valence-electron chi connectivity index (χ4n) is 2.07. The van der Waals surface area contributed by atoms with Crippen LogP contribution in [0.15, 0.2) is 30.3 Å². The van der Waals surface area contributed by atoms with E-state index in [1.807, 2.05) is 0 Å². The normalized spacial score (nSPS) is 10.6. The SMILES string of the molecule is Cc1cc(F)cc(C)c1C(=O)c1cc(Cl)ccc1F. The average Bonchev–Trinajstić information content (AvgIpc) is 2.30. The number of hydrogen-bond donors (Lipinski definition) is 0. The van der Waals surface area contributed by atoms with Gasteiger partial charge in [0.1, 0.15) is 11.6 Å². The van der Waals surface area contributed by atoms with Crippen LogP contribution in [-0.4, -0.2) is 5.78 Å². The highest BCUT2D eigenvalue weighted by atomic mass is 35.5. The van der Waals surface area contributed by atoms with E-state index < -0.39 is 17.4 Å². The number of benzene rings is 2. The summed E-state index contributed by atoms with van der Waals surface area (Å²) >= 11 is 5.77. The van der Waals surface area contributed by atoms with E-state index in [1.165, 1.54) is 24.3 Å². The van der Waals surface area contributed by atoms with Gasteiger partial charge in [0.05, 0.1) is 5.56 Å². The zero-order chi connectivity index (χ0) is 14.2. The molecule has 4 heteroatoms. The Bertz CT molecular complexity index is 642. The molecule has 1 nitrogen and oxygen atoms in total. The second-order valence-electron chi connectivity index (χ2n) is 4.37. The van der Waals surface area contributed by atoms with E-state index in [1.54, 1.807) is 13.8 Å². The van der Waals surface area contributed by atoms with Gasteiger partial charge < -0.3 is 0 Å². The lowest BCUT2D eigenvalue weighted by Gasteiger charge is -2.10. The van der Waals surface area contributed by atoms with Crippen LogP contribution in [-0.2, 0) is 0 Å². The monoisotopic (exact) mass is 280 g/mol. The van der Waals surface area contributed by atoms with Gasteiger partial charge in [0.2, 0.25) is 0 Å². The van der Waals surface area contributed by atoms with Gasteiger partial charge in [0.25, 0.3) is 0 Å². The number of aryl methyl sites for hydroxylation is 2. The van der Waals surface area contributed by atoms with Crippen molar-refractivity contribution in [2.24, 2.45) is 0 Å². The van der Waals surface area contributed by atoms with Crippen LogP contribution in [0.25, 0.3) is 0 Å². The highest BCUT2D eigenvalue weighted by Crippen LogP contribution is 2.23. The van der Waals surface area contributed by atoms with Crippen LogP contribution >= 0.6 is 11.6 Å². The van der Waals surface area contributed by atoms with Gasteiger partial charge >= 0.3 is 0 Å². The lowest BCUT2D eigenvalue weighted by Crippen LogP contribution is -2.09. The molecule has 0 atom stereocenters. The zero-order valence-electron chi connectivity index (χ0n) is 10.4. The summed E-state index contributed by atoms with van der Waals surface area (Å²) in [5.74, 6) is -1.55. The van der Waals surface area contributed by atoms with Gasteiger partial charge in [-0.05, 0) is 55.3 Å². The van der Waals surface area contributed by atoms with Crippen molar-refractivity contribution < 1.29 is 13.6 Å². The van der Waals surface area contributed by atoms with Gasteiger partial charge in [0.15, 0.2) is 5.78 Å². The average molecular weight is 281 g/mol. The summed E-state index contributed by atoms with van der Waals surface area (Å²) in [6.45, 7) is 3.23. The van der Waals surface area contributed by atoms with Crippen LogP contribution in [0.3, 0.4) is 0 Å². The molecule has 0 fully saturated rings. The Morgan fingerprint density at radius 1 is 1.05 bits per heavy atom. The first-order valence-electron chi connectivity index (χ1n) is 5.66. The summed E-state index contributed by atoms with van der Waals surface area (Å²) in [6.07, 6.45) is 0. The summed E-state index contributed by atoms with van der Waals surface area (Å²) in [4.78, 5) is 12.4. The number of hydrogen-bond acceptors (Lipinski definition) is 1. The molecule has 2 aromatic carbocycles. The smallest absolute Gasteiger partial charge is 0.196 e. The minimum Gasteiger partial charge on any atom is -0.288 e. The molecule has 0 saturated heterocycles. The van der Waals surface area contributed by atoms with Crippen LogP contribution in [0, 0.1) is 25.5 Å². The van der Waals surface area contributed by atoms with Crippen molar-refractivity contribution in [1.82, 2.24) is 0 Å². The lowest BCUT2D eigenvalue weighted by molar-refractivity contribution is 0.103. The number of halogens is 3. The van der Waals surface area contributed by atoms with Crippen LogP contribution < -0.4 is 0 Å². The van der Waals surface area contributed by atoms with Gasteiger partial charge in [0, 0.05) is 10.6 Å². The molecule has 19 heavy (non-hydrogen) atoms. The third-order valence-electron chi connectivity index (χ3n) is 2.90. The Morgan fingerprint density at radius 2 is 1.63 bits per heavy atom. The van der Waals surface area contributed by atoms with E-state index in [-0.39, 0.29) is 10.6 Å². The summed E-state index contributed by atoms with van der Waals surface area (Å²) < 4.78 is 26.9. The highest BCUT2D eigenvalue weighted by Gasteiger charge is 2.19. The second-order valence-corrected chi connectivity index (χ2v) is 4.80. The quantitative estimate of drug-likeness (QED) is 0.742. The Morgan fingerprint density at radius 3 is 2.21 bits per heavy atom. The number of carbonyl (C=O) groups excluding carboxylic acids is 1. The second kappa shape index (κ2) is 5.10. The van der Waals surface area contributed by atoms with E-state index in [0.29, 0.717) is 16.7 Å². The van der Waals surface area contributed by atoms with E-state index in [0.717, 1.165) is 6.07 Å². The number of ketones is 1. The van der Waals surface area contributed by atoms with Gasteiger partial charge in [-0.3, -0.25) is 4.79 Å². The maximum absolute atomic E-state index is 13.7. The standard InChI is InChI=1S/C15H11ClF2O/c1-8-5-11(17)6-9(2)14(8)15(19)12-7-10(16)3-4-13(12)18/h3-7H,1-2H3. The maximum atomic E-state index is 13.7. The number of rotatable bonds is 2. The molecule has 0 bridgehead atoms. The molecule has 0 spiro atoms. The molecule has 0 aromatic heterocycles. The topological polar surface area (TPSA) is 17.1 Å². The summed E-state index contributed by atoms with van der Waals surface area (Å²) in [6, 6.07) is 6.30. The molecule has 98 valence electrons. The largest absolute Gasteiger partial charge is 0.288 e. The Kier molecular flexibility index (Phi) is 3.67. The van der Waals surface area contributed by atoms with Crippen molar-refractivity contribution in [2.75, 3.05) is 0 Å². The molecule has 2 rings (SSSR count). The highest BCUT2D eigenvalue weighted by molar-refractivity contribution is 6.31. The number of carbonyl (C=O) groups is 1. The van der Waals surface area contributed by atoms with Crippen LogP contribution in [0.4, 0.5) is 8.78 Å². The predicted octanol–water partition coefficient (Wildman–Crippen LogP) is 4.47. The molecular weight excluding hydrogens is 270 g/mol. The summed E-state index contributed by atoms with van der Waals surface area (Å²) in [7, 11) is 0. The van der Waals surface area contributed by atoms with Crippen molar-refractivity contribution in [3.63, 3.8) is 0 Å². The van der Waals surface area contributed by atoms with Crippen LogP contribution in [0.5, 0.6) is 0 Å². The van der Waals surface area contributed by atoms with E-state index in [4.69, 9.17) is 11.6 Å². The molecule has 0 aliphatic carbocycles. The summed E-state index contributed by atoms with van der Waals surface area (Å²) in [5.41, 5.74) is 1.15. The fraction of sp³-hybridized carbons (Fsp3) is 0.133. The fourth-order valence-corrected chi connectivity index (χ4v) is 2.25. The maximum Gasteiger partial charge on any atom is 0.196 e. The van der Waals surface area contributed by atoms with Crippen LogP contribution in [0.1, 0.15) is 27.0 Å². The van der Waals surface area contributed by atoms with E-state index >= 15 is 0 Å². The molecule has 0 saturated carbocycles. The van der Waals surface area contributed by atoms with E-state index in [9.17, 15) is 13.6 Å². The van der Waals surface area contributed by atoms with Crippen molar-refractivity contribution >= 4 is 17.4 Å². The molecule has 0 N–H and O–H groups in total. The Labute approximate surface area is 114 Å². The molecule has 0 aliphatic rings. The molecule has 0 unspecified atom stereocenters. The molecule has 0 aliphatic heterocycles.